The monoisotopic (exact) mass is 377 g/mol. The molecule has 0 aliphatic carbocycles. The van der Waals surface area contributed by atoms with Crippen molar-refractivity contribution in [3.8, 4) is 11.5 Å². The molecule has 2 aromatic rings. The van der Waals surface area contributed by atoms with E-state index < -0.39 is 0 Å². The molecular formula is C20H21ClFNO3. The number of carbonyl (C=O) groups excluding carboxylic acids is 1. The summed E-state index contributed by atoms with van der Waals surface area (Å²) in [7, 11) is 1.78. The molecule has 1 amide bonds. The van der Waals surface area contributed by atoms with E-state index in [9.17, 15) is 9.18 Å². The minimum atomic E-state index is -0.346. The van der Waals surface area contributed by atoms with Crippen LogP contribution in [0.2, 0.25) is 5.02 Å². The first-order valence-corrected chi connectivity index (χ1v) is 8.97. The Labute approximate surface area is 157 Å². The first-order chi connectivity index (χ1) is 12.5. The third-order valence-electron chi connectivity index (χ3n) is 4.43. The summed E-state index contributed by atoms with van der Waals surface area (Å²) in [5.41, 5.74) is 0.386. The van der Waals surface area contributed by atoms with Gasteiger partial charge in [0.25, 0.3) is 5.91 Å². The summed E-state index contributed by atoms with van der Waals surface area (Å²) in [5.74, 6) is 0.773. The SMILES string of the molecule is CN(CC1CCOCC1)C(=O)c1cc(Cl)ccc1Oc1ccc(F)cc1. The highest BCUT2D eigenvalue weighted by molar-refractivity contribution is 6.31. The molecule has 0 spiro atoms. The second-order valence-corrected chi connectivity index (χ2v) is 6.87. The molecule has 1 fully saturated rings. The number of benzene rings is 2. The highest BCUT2D eigenvalue weighted by Crippen LogP contribution is 2.29. The van der Waals surface area contributed by atoms with E-state index in [1.807, 2.05) is 0 Å². The Hall–Kier alpha value is -2.11. The molecule has 0 radical (unpaired) electrons. The number of carbonyl (C=O) groups is 1. The summed E-state index contributed by atoms with van der Waals surface area (Å²) < 4.78 is 24.2. The number of amides is 1. The van der Waals surface area contributed by atoms with Gasteiger partial charge in [0.05, 0.1) is 5.56 Å². The Morgan fingerprint density at radius 1 is 1.23 bits per heavy atom. The van der Waals surface area contributed by atoms with Crippen LogP contribution in [0.1, 0.15) is 23.2 Å². The van der Waals surface area contributed by atoms with E-state index in [1.165, 1.54) is 24.3 Å². The molecule has 0 unspecified atom stereocenters. The predicted molar refractivity (Wildman–Crippen MR) is 98.4 cm³/mol. The fourth-order valence-corrected chi connectivity index (χ4v) is 3.16. The lowest BCUT2D eigenvalue weighted by molar-refractivity contribution is 0.0496. The van der Waals surface area contributed by atoms with Crippen molar-refractivity contribution in [1.82, 2.24) is 4.90 Å². The zero-order valence-corrected chi connectivity index (χ0v) is 15.3. The van der Waals surface area contributed by atoms with Gasteiger partial charge in [0.1, 0.15) is 17.3 Å². The van der Waals surface area contributed by atoms with Crippen LogP contribution in [0.4, 0.5) is 4.39 Å². The molecule has 6 heteroatoms. The molecule has 1 heterocycles. The molecule has 0 aromatic heterocycles. The number of hydrogen-bond donors (Lipinski definition) is 0. The van der Waals surface area contributed by atoms with Gasteiger partial charge in [-0.15, -0.1) is 0 Å². The van der Waals surface area contributed by atoms with Crippen LogP contribution in [0.25, 0.3) is 0 Å². The average molecular weight is 378 g/mol. The van der Waals surface area contributed by atoms with Gasteiger partial charge in [0.15, 0.2) is 0 Å². The molecule has 1 saturated heterocycles. The van der Waals surface area contributed by atoms with Crippen LogP contribution in [0, 0.1) is 11.7 Å². The van der Waals surface area contributed by atoms with E-state index in [0.717, 1.165) is 26.1 Å². The summed E-state index contributed by atoms with van der Waals surface area (Å²) in [5, 5.41) is 0.458. The predicted octanol–water partition coefficient (Wildman–Crippen LogP) is 4.77. The number of rotatable bonds is 5. The smallest absolute Gasteiger partial charge is 0.257 e. The van der Waals surface area contributed by atoms with Gasteiger partial charge in [0.2, 0.25) is 0 Å². The van der Waals surface area contributed by atoms with Gasteiger partial charge in [0, 0.05) is 31.8 Å². The Balaban J connectivity index is 1.77. The normalized spacial score (nSPS) is 14.9. The molecule has 0 bridgehead atoms. The van der Waals surface area contributed by atoms with Crippen molar-refractivity contribution < 1.29 is 18.7 Å². The summed E-state index contributed by atoms with van der Waals surface area (Å²) in [6.45, 7) is 2.14. The van der Waals surface area contributed by atoms with Crippen LogP contribution in [0.3, 0.4) is 0 Å². The van der Waals surface area contributed by atoms with Gasteiger partial charge in [-0.3, -0.25) is 4.79 Å². The van der Waals surface area contributed by atoms with Crippen molar-refractivity contribution in [2.45, 2.75) is 12.8 Å². The summed E-state index contributed by atoms with van der Waals surface area (Å²) in [6.07, 6.45) is 1.90. The van der Waals surface area contributed by atoms with Crippen LogP contribution in [0.15, 0.2) is 42.5 Å². The standard InChI is InChI=1S/C20H21ClFNO3/c1-23(13-14-8-10-25-11-9-14)20(24)18-12-15(21)2-7-19(18)26-17-5-3-16(22)4-6-17/h2-7,12,14H,8-11,13H2,1H3. The van der Waals surface area contributed by atoms with Crippen molar-refractivity contribution in [2.24, 2.45) is 5.92 Å². The summed E-state index contributed by atoms with van der Waals surface area (Å²) in [4.78, 5) is 14.6. The molecule has 138 valence electrons. The van der Waals surface area contributed by atoms with Gasteiger partial charge in [-0.1, -0.05) is 11.6 Å². The molecular weight excluding hydrogens is 357 g/mol. The van der Waals surface area contributed by atoms with E-state index in [-0.39, 0.29) is 11.7 Å². The molecule has 4 nitrogen and oxygen atoms in total. The zero-order chi connectivity index (χ0) is 18.5. The first-order valence-electron chi connectivity index (χ1n) is 8.59. The van der Waals surface area contributed by atoms with Crippen LogP contribution in [-0.4, -0.2) is 37.6 Å². The number of nitrogens with zero attached hydrogens (tertiary/aromatic N) is 1. The third kappa shape index (κ3) is 4.74. The lowest BCUT2D eigenvalue weighted by Crippen LogP contribution is -2.34. The number of halogens is 2. The van der Waals surface area contributed by atoms with E-state index >= 15 is 0 Å². The van der Waals surface area contributed by atoms with Crippen molar-refractivity contribution in [3.63, 3.8) is 0 Å². The molecule has 0 N–H and O–H groups in total. The van der Waals surface area contributed by atoms with E-state index in [0.29, 0.717) is 34.5 Å². The Kier molecular flexibility index (Phi) is 6.12. The largest absolute Gasteiger partial charge is 0.457 e. The molecule has 2 aromatic carbocycles. The maximum Gasteiger partial charge on any atom is 0.257 e. The quantitative estimate of drug-likeness (QED) is 0.753. The van der Waals surface area contributed by atoms with Crippen LogP contribution in [-0.2, 0) is 4.74 Å². The molecule has 26 heavy (non-hydrogen) atoms. The molecule has 1 aliphatic rings. The van der Waals surface area contributed by atoms with Gasteiger partial charge in [-0.2, -0.15) is 0 Å². The second-order valence-electron chi connectivity index (χ2n) is 6.44. The van der Waals surface area contributed by atoms with Gasteiger partial charge < -0.3 is 14.4 Å². The fourth-order valence-electron chi connectivity index (χ4n) is 2.99. The lowest BCUT2D eigenvalue weighted by Gasteiger charge is -2.27. The first kappa shape index (κ1) is 18.7. The Morgan fingerprint density at radius 2 is 1.92 bits per heavy atom. The van der Waals surface area contributed by atoms with Crippen molar-refractivity contribution in [3.05, 3.63) is 58.9 Å². The Morgan fingerprint density at radius 3 is 2.62 bits per heavy atom. The molecule has 0 saturated carbocycles. The van der Waals surface area contributed by atoms with Crippen LogP contribution < -0.4 is 4.74 Å². The number of hydrogen-bond acceptors (Lipinski definition) is 3. The molecule has 0 atom stereocenters. The van der Waals surface area contributed by atoms with E-state index in [1.54, 1.807) is 30.1 Å². The van der Waals surface area contributed by atoms with Crippen LogP contribution >= 0.6 is 11.6 Å². The van der Waals surface area contributed by atoms with E-state index in [2.05, 4.69) is 0 Å². The third-order valence-corrected chi connectivity index (χ3v) is 4.67. The van der Waals surface area contributed by atoms with Crippen molar-refractivity contribution in [2.75, 3.05) is 26.8 Å². The minimum Gasteiger partial charge on any atom is -0.457 e. The lowest BCUT2D eigenvalue weighted by atomic mass is 9.99. The Bertz CT molecular complexity index is 760. The number of ether oxygens (including phenoxy) is 2. The minimum absolute atomic E-state index is 0.156. The highest BCUT2D eigenvalue weighted by atomic mass is 35.5. The second kappa shape index (κ2) is 8.52. The van der Waals surface area contributed by atoms with Gasteiger partial charge in [-0.25, -0.2) is 4.39 Å². The van der Waals surface area contributed by atoms with E-state index in [4.69, 9.17) is 21.1 Å². The zero-order valence-electron chi connectivity index (χ0n) is 14.6. The van der Waals surface area contributed by atoms with Crippen LogP contribution in [0.5, 0.6) is 11.5 Å². The van der Waals surface area contributed by atoms with Gasteiger partial charge >= 0.3 is 0 Å². The summed E-state index contributed by atoms with van der Waals surface area (Å²) >= 11 is 6.09. The molecule has 1 aliphatic heterocycles. The average Bonchev–Trinajstić information content (AvgIpc) is 2.65. The van der Waals surface area contributed by atoms with Crippen molar-refractivity contribution >= 4 is 17.5 Å². The summed E-state index contributed by atoms with van der Waals surface area (Å²) in [6, 6.07) is 10.6. The fraction of sp³-hybridized carbons (Fsp3) is 0.350. The highest BCUT2D eigenvalue weighted by Gasteiger charge is 2.22. The van der Waals surface area contributed by atoms with Gasteiger partial charge in [-0.05, 0) is 61.2 Å². The topological polar surface area (TPSA) is 38.8 Å². The maximum absolute atomic E-state index is 13.1. The maximum atomic E-state index is 13.1. The molecule has 3 rings (SSSR count). The van der Waals surface area contributed by atoms with Crippen molar-refractivity contribution in [1.29, 1.82) is 0 Å².